The van der Waals surface area contributed by atoms with Crippen molar-refractivity contribution in [2.45, 2.75) is 128 Å². The molecule has 4 aliphatic carbocycles. The summed E-state index contributed by atoms with van der Waals surface area (Å²) in [6, 6.07) is -1.54. The minimum atomic E-state index is -2.29. The fourth-order valence-electron chi connectivity index (χ4n) is 8.53. The van der Waals surface area contributed by atoms with Gasteiger partial charge in [0.1, 0.15) is 24.9 Å². The Kier molecular flexibility index (Phi) is 11.0. The van der Waals surface area contributed by atoms with Crippen LogP contribution in [0, 0.1) is 17.8 Å². The molecular formula is C32H45NO14. The number of carbonyl (C=O) groups is 7. The van der Waals surface area contributed by atoms with Crippen LogP contribution in [0.2, 0.25) is 0 Å². The van der Waals surface area contributed by atoms with Gasteiger partial charge in [0.2, 0.25) is 11.8 Å². The molecule has 0 aromatic heterocycles. The van der Waals surface area contributed by atoms with E-state index < -0.39 is 96.5 Å². The zero-order valence-corrected chi connectivity index (χ0v) is 27.9. The molecule has 0 radical (unpaired) electrons. The quantitative estimate of drug-likeness (QED) is 0.229. The zero-order valence-electron chi connectivity index (χ0n) is 27.9. The molecule has 0 aromatic carbocycles. The second kappa shape index (κ2) is 14.3. The van der Waals surface area contributed by atoms with E-state index in [-0.39, 0.29) is 0 Å². The smallest absolute Gasteiger partial charge is 0.366 e. The lowest BCUT2D eigenvalue weighted by atomic mass is 9.54. The summed E-state index contributed by atoms with van der Waals surface area (Å²) < 4.78 is 40.6. The number of methoxy groups -OCH3 is 1. The SMILES string of the molecule is COC(=O)[C@]1(OC23CC4CC(CC(C4)C2)C3)C[C@H](OC(C)=O)[C@@H](N(C(C)=O)C(C)=O)[C@H]([C@H](OC(C)=O)[C@@H](COC(C)=O)OC(C)=O)O1. The van der Waals surface area contributed by atoms with Crippen molar-refractivity contribution in [3.05, 3.63) is 0 Å². The van der Waals surface area contributed by atoms with Gasteiger partial charge in [0, 0.05) is 41.5 Å². The number of nitrogens with zero attached hydrogens (tertiary/aromatic N) is 1. The van der Waals surface area contributed by atoms with E-state index >= 15 is 0 Å². The third-order valence-electron chi connectivity index (χ3n) is 9.43. The number of esters is 5. The zero-order chi connectivity index (χ0) is 34.8. The van der Waals surface area contributed by atoms with Gasteiger partial charge in [-0.05, 0) is 56.3 Å². The van der Waals surface area contributed by atoms with Gasteiger partial charge in [0.15, 0.2) is 12.2 Å². The lowest BCUT2D eigenvalue weighted by Crippen LogP contribution is -2.72. The Morgan fingerprint density at radius 1 is 0.745 bits per heavy atom. The first-order chi connectivity index (χ1) is 22.0. The number of rotatable bonds is 11. The summed E-state index contributed by atoms with van der Waals surface area (Å²) in [7, 11) is 1.13. The molecule has 5 aliphatic rings. The Hall–Kier alpha value is -3.59. The summed E-state index contributed by atoms with van der Waals surface area (Å²) >= 11 is 0. The van der Waals surface area contributed by atoms with E-state index in [1.165, 1.54) is 0 Å². The predicted molar refractivity (Wildman–Crippen MR) is 157 cm³/mol. The molecule has 0 N–H and O–H groups in total. The molecule has 262 valence electrons. The summed E-state index contributed by atoms with van der Waals surface area (Å²) in [6.07, 6.45) is -1.89. The maximum absolute atomic E-state index is 13.9. The average molecular weight is 668 g/mol. The molecule has 5 rings (SSSR count). The molecule has 0 spiro atoms. The van der Waals surface area contributed by atoms with E-state index in [1.807, 2.05) is 0 Å². The molecule has 4 saturated carbocycles. The van der Waals surface area contributed by atoms with Crippen molar-refractivity contribution in [2.75, 3.05) is 13.7 Å². The van der Waals surface area contributed by atoms with Gasteiger partial charge in [-0.15, -0.1) is 0 Å². The monoisotopic (exact) mass is 667 g/mol. The molecule has 4 bridgehead atoms. The van der Waals surface area contributed by atoms with Crippen molar-refractivity contribution in [1.82, 2.24) is 4.90 Å². The molecule has 0 aromatic rings. The number of hydrogen-bond acceptors (Lipinski definition) is 14. The maximum atomic E-state index is 13.9. The van der Waals surface area contributed by atoms with Crippen LogP contribution in [0.1, 0.15) is 86.5 Å². The van der Waals surface area contributed by atoms with Gasteiger partial charge in [-0.1, -0.05) is 0 Å². The number of imide groups is 1. The third-order valence-corrected chi connectivity index (χ3v) is 9.43. The lowest BCUT2D eigenvalue weighted by molar-refractivity contribution is -0.360. The summed E-state index contributed by atoms with van der Waals surface area (Å²) in [5.74, 6) is -7.06. The molecular weight excluding hydrogens is 622 g/mol. The Labute approximate surface area is 273 Å². The second-order valence-electron chi connectivity index (χ2n) is 13.3. The summed E-state index contributed by atoms with van der Waals surface area (Å²) in [4.78, 5) is 90.0. The van der Waals surface area contributed by atoms with Gasteiger partial charge < -0.3 is 33.2 Å². The first kappa shape index (κ1) is 36.2. The molecule has 1 aliphatic heterocycles. The van der Waals surface area contributed by atoms with E-state index in [0.717, 1.165) is 72.8 Å². The van der Waals surface area contributed by atoms with Crippen LogP contribution in [0.3, 0.4) is 0 Å². The van der Waals surface area contributed by atoms with E-state index in [9.17, 15) is 33.6 Å². The highest BCUT2D eigenvalue weighted by molar-refractivity contribution is 5.93. The first-order valence-corrected chi connectivity index (χ1v) is 15.9. The molecule has 2 amide bonds. The molecule has 1 saturated heterocycles. The van der Waals surface area contributed by atoms with Crippen LogP contribution >= 0.6 is 0 Å². The van der Waals surface area contributed by atoms with Gasteiger partial charge in [-0.3, -0.25) is 33.7 Å². The summed E-state index contributed by atoms with van der Waals surface area (Å²) in [5.41, 5.74) is -0.800. The summed E-state index contributed by atoms with van der Waals surface area (Å²) in [6.45, 7) is 5.90. The van der Waals surface area contributed by atoms with Crippen molar-refractivity contribution in [3.63, 3.8) is 0 Å². The fraction of sp³-hybridized carbons (Fsp3) is 0.781. The largest absolute Gasteiger partial charge is 0.465 e. The van der Waals surface area contributed by atoms with E-state index in [2.05, 4.69) is 0 Å². The lowest BCUT2D eigenvalue weighted by Gasteiger charge is -2.59. The van der Waals surface area contributed by atoms with Crippen molar-refractivity contribution in [1.29, 1.82) is 0 Å². The van der Waals surface area contributed by atoms with Gasteiger partial charge in [0.05, 0.1) is 19.1 Å². The van der Waals surface area contributed by atoms with Crippen molar-refractivity contribution >= 4 is 41.7 Å². The van der Waals surface area contributed by atoms with Crippen LogP contribution < -0.4 is 0 Å². The minimum absolute atomic E-state index is 0.379. The Balaban J connectivity index is 1.92. The van der Waals surface area contributed by atoms with Gasteiger partial charge >= 0.3 is 29.8 Å². The first-order valence-electron chi connectivity index (χ1n) is 15.9. The van der Waals surface area contributed by atoms with E-state index in [1.54, 1.807) is 0 Å². The van der Waals surface area contributed by atoms with Gasteiger partial charge in [-0.25, -0.2) is 4.79 Å². The van der Waals surface area contributed by atoms with Crippen LogP contribution in [0.25, 0.3) is 0 Å². The molecule has 5 fully saturated rings. The van der Waals surface area contributed by atoms with Crippen LogP contribution in [-0.2, 0) is 66.7 Å². The fourth-order valence-corrected chi connectivity index (χ4v) is 8.53. The van der Waals surface area contributed by atoms with Crippen molar-refractivity contribution < 1.29 is 66.7 Å². The second-order valence-corrected chi connectivity index (χ2v) is 13.3. The average Bonchev–Trinajstić information content (AvgIpc) is 2.92. The number of hydrogen-bond donors (Lipinski definition) is 0. The molecule has 47 heavy (non-hydrogen) atoms. The van der Waals surface area contributed by atoms with Crippen molar-refractivity contribution in [2.24, 2.45) is 17.8 Å². The standard InChI is InChI=1S/C32H45NO14/c1-16(34)33(17(2)35)27-25(43-19(4)37)14-32(30(40)41-7,47-31-11-22-8-23(12-31)10-24(9-22)13-31)46-29(27)28(45-21(6)39)26(44-20(5)38)15-42-18(3)36/h22-29H,8-15H2,1-7H3/t22?,23?,24?,25-,26+,27+,28+,29+,31?,32+/m0/s1. The molecule has 0 unspecified atom stereocenters. The van der Waals surface area contributed by atoms with Gasteiger partial charge in [0.25, 0.3) is 5.79 Å². The highest BCUT2D eigenvalue weighted by Gasteiger charge is 2.65. The van der Waals surface area contributed by atoms with Crippen LogP contribution in [-0.4, -0.2) is 102 Å². The number of carbonyl (C=O) groups excluding carboxylic acids is 7. The normalized spacial score (nSPS) is 33.5. The Morgan fingerprint density at radius 3 is 1.70 bits per heavy atom. The maximum Gasteiger partial charge on any atom is 0.366 e. The van der Waals surface area contributed by atoms with E-state index in [0.29, 0.717) is 37.0 Å². The molecule has 15 nitrogen and oxygen atoms in total. The summed E-state index contributed by atoms with van der Waals surface area (Å²) in [5, 5.41) is 0. The van der Waals surface area contributed by atoms with Crippen LogP contribution in [0.15, 0.2) is 0 Å². The molecule has 6 atom stereocenters. The van der Waals surface area contributed by atoms with Crippen LogP contribution in [0.4, 0.5) is 0 Å². The molecule has 15 heteroatoms. The van der Waals surface area contributed by atoms with Crippen molar-refractivity contribution in [3.8, 4) is 0 Å². The number of ether oxygens (including phenoxy) is 7. The minimum Gasteiger partial charge on any atom is -0.465 e. The molecule has 1 heterocycles. The van der Waals surface area contributed by atoms with Crippen LogP contribution in [0.5, 0.6) is 0 Å². The highest BCUT2D eigenvalue weighted by Crippen LogP contribution is 2.59. The van der Waals surface area contributed by atoms with Gasteiger partial charge in [-0.2, -0.15) is 0 Å². The van der Waals surface area contributed by atoms with E-state index in [4.69, 9.17) is 33.2 Å². The highest BCUT2D eigenvalue weighted by atomic mass is 16.8. The third kappa shape index (κ3) is 8.11. The topological polar surface area (TPSA) is 187 Å². The Bertz CT molecular complexity index is 1230. The Morgan fingerprint density at radius 2 is 1.28 bits per heavy atom. The predicted octanol–water partition coefficient (Wildman–Crippen LogP) is 1.75. The number of amides is 2.